The fraction of sp³-hybridized carbons (Fsp3) is 0.571. The van der Waals surface area contributed by atoms with E-state index < -0.39 is 5.91 Å². The first-order chi connectivity index (χ1) is 9.91. The fourth-order valence-corrected chi connectivity index (χ4v) is 3.78. The number of thiophene rings is 1. The zero-order chi connectivity index (χ0) is 15.6. The van der Waals surface area contributed by atoms with Crippen LogP contribution in [0.4, 0.5) is 10.7 Å². The minimum Gasteiger partial charge on any atom is -0.397 e. The van der Waals surface area contributed by atoms with Gasteiger partial charge in [0.2, 0.25) is 0 Å². The number of primary amides is 1. The summed E-state index contributed by atoms with van der Waals surface area (Å²) in [5, 5.41) is 3.87. The van der Waals surface area contributed by atoms with Crippen LogP contribution >= 0.6 is 11.3 Å². The molecule has 0 radical (unpaired) electrons. The lowest BCUT2D eigenvalue weighted by Crippen LogP contribution is -2.22. The van der Waals surface area contributed by atoms with Crippen LogP contribution in [0.25, 0.3) is 0 Å². The largest absolute Gasteiger partial charge is 0.397 e. The molecule has 2 rings (SSSR count). The Morgan fingerprint density at radius 3 is 2.48 bits per heavy atom. The van der Waals surface area contributed by atoms with E-state index in [1.807, 2.05) is 0 Å². The predicted molar refractivity (Wildman–Crippen MR) is 85.7 cm³/mol. The Hall–Kier alpha value is -1.76. The molecule has 0 bridgehead atoms. The highest BCUT2D eigenvalue weighted by atomic mass is 32.1. The molecule has 116 valence electrons. The first-order valence-corrected chi connectivity index (χ1v) is 7.91. The second-order valence-electron chi connectivity index (χ2n) is 5.64. The van der Waals surface area contributed by atoms with Crippen molar-refractivity contribution in [2.45, 2.75) is 25.7 Å². The van der Waals surface area contributed by atoms with Gasteiger partial charge in [-0.15, -0.1) is 11.3 Å². The monoisotopic (exact) mass is 310 g/mol. The first kappa shape index (κ1) is 15.6. The van der Waals surface area contributed by atoms with Crippen LogP contribution in [-0.4, -0.2) is 37.4 Å². The number of nitrogen functional groups attached to an aromatic ring is 1. The summed E-state index contributed by atoms with van der Waals surface area (Å²) in [6.45, 7) is 0.788. The molecule has 0 aliphatic heterocycles. The van der Waals surface area contributed by atoms with Crippen molar-refractivity contribution in [2.24, 2.45) is 11.7 Å². The number of hydrogen-bond acceptors (Lipinski definition) is 5. The molecule has 0 atom stereocenters. The van der Waals surface area contributed by atoms with E-state index in [0.717, 1.165) is 6.54 Å². The van der Waals surface area contributed by atoms with Gasteiger partial charge in [-0.1, -0.05) is 12.8 Å². The Bertz CT molecular complexity index is 547. The zero-order valence-electron chi connectivity index (χ0n) is 12.4. The fourth-order valence-electron chi connectivity index (χ4n) is 2.63. The lowest BCUT2D eigenvalue weighted by Gasteiger charge is -2.11. The quantitative estimate of drug-likeness (QED) is 0.771. The maximum absolute atomic E-state index is 12.1. The van der Waals surface area contributed by atoms with Crippen LogP contribution < -0.4 is 16.8 Å². The highest BCUT2D eigenvalue weighted by Gasteiger charge is 2.25. The van der Waals surface area contributed by atoms with Crippen molar-refractivity contribution >= 4 is 33.8 Å². The smallest absolute Gasteiger partial charge is 0.265 e. The lowest BCUT2D eigenvalue weighted by molar-refractivity contribution is 0.0833. The summed E-state index contributed by atoms with van der Waals surface area (Å²) < 4.78 is 0. The van der Waals surface area contributed by atoms with E-state index in [1.54, 1.807) is 14.1 Å². The van der Waals surface area contributed by atoms with E-state index in [4.69, 9.17) is 11.5 Å². The number of rotatable bonds is 5. The molecule has 1 heterocycles. The van der Waals surface area contributed by atoms with E-state index in [1.165, 1.54) is 41.9 Å². The molecule has 0 spiro atoms. The van der Waals surface area contributed by atoms with E-state index in [-0.39, 0.29) is 17.2 Å². The van der Waals surface area contributed by atoms with Crippen molar-refractivity contribution in [2.75, 3.05) is 31.7 Å². The molecular formula is C14H22N4O2S. The molecular weight excluding hydrogens is 288 g/mol. The molecule has 1 fully saturated rings. The Balaban J connectivity index is 2.24. The summed E-state index contributed by atoms with van der Waals surface area (Å²) in [6.07, 6.45) is 4.91. The van der Waals surface area contributed by atoms with Gasteiger partial charge < -0.3 is 21.7 Å². The number of carbonyl (C=O) groups excluding carboxylic acids is 2. The van der Waals surface area contributed by atoms with Gasteiger partial charge in [-0.25, -0.2) is 0 Å². The van der Waals surface area contributed by atoms with Crippen molar-refractivity contribution in [3.63, 3.8) is 0 Å². The summed E-state index contributed by atoms with van der Waals surface area (Å²) in [6, 6.07) is 0. The SMILES string of the molecule is CN(C)C(=O)c1sc(NCC2CCCC2)c(C(N)=O)c1N. The summed E-state index contributed by atoms with van der Waals surface area (Å²) >= 11 is 1.21. The minimum atomic E-state index is -0.601. The van der Waals surface area contributed by atoms with Gasteiger partial charge in [0.05, 0.1) is 11.3 Å². The molecule has 2 amide bonds. The van der Waals surface area contributed by atoms with Gasteiger partial charge in [-0.05, 0) is 18.8 Å². The summed E-state index contributed by atoms with van der Waals surface area (Å²) in [4.78, 5) is 25.5. The molecule has 1 aromatic heterocycles. The molecule has 0 aromatic carbocycles. The molecule has 1 aromatic rings. The van der Waals surface area contributed by atoms with Gasteiger partial charge in [0.1, 0.15) is 9.88 Å². The molecule has 7 heteroatoms. The number of hydrogen-bond donors (Lipinski definition) is 3. The van der Waals surface area contributed by atoms with Crippen LogP contribution in [0, 0.1) is 5.92 Å². The predicted octanol–water partition coefficient (Wildman–Crippen LogP) is 1.73. The maximum atomic E-state index is 12.1. The van der Waals surface area contributed by atoms with Crippen molar-refractivity contribution in [1.82, 2.24) is 4.90 Å². The maximum Gasteiger partial charge on any atom is 0.265 e. The van der Waals surface area contributed by atoms with Gasteiger partial charge in [0.25, 0.3) is 11.8 Å². The Labute approximate surface area is 128 Å². The van der Waals surface area contributed by atoms with Crippen LogP contribution in [0.1, 0.15) is 45.7 Å². The molecule has 6 nitrogen and oxygen atoms in total. The number of nitrogens with one attached hydrogen (secondary N) is 1. The van der Waals surface area contributed by atoms with Gasteiger partial charge in [0.15, 0.2) is 0 Å². The number of anilines is 2. The molecule has 0 saturated heterocycles. The number of nitrogens with zero attached hydrogens (tertiary/aromatic N) is 1. The minimum absolute atomic E-state index is 0.181. The van der Waals surface area contributed by atoms with Gasteiger partial charge in [-0.2, -0.15) is 0 Å². The van der Waals surface area contributed by atoms with Crippen LogP contribution in [0.5, 0.6) is 0 Å². The van der Waals surface area contributed by atoms with Crippen LogP contribution in [0.2, 0.25) is 0 Å². The standard InChI is InChI=1S/C14H22N4O2S/c1-18(2)14(20)11-10(15)9(12(16)19)13(21-11)17-7-8-5-3-4-6-8/h8,17H,3-7,15H2,1-2H3,(H2,16,19). The average Bonchev–Trinajstić information content (AvgIpc) is 3.02. The van der Waals surface area contributed by atoms with Crippen molar-refractivity contribution < 1.29 is 9.59 Å². The van der Waals surface area contributed by atoms with E-state index in [2.05, 4.69) is 5.32 Å². The van der Waals surface area contributed by atoms with Crippen LogP contribution in [0.15, 0.2) is 0 Å². The second kappa shape index (κ2) is 6.34. The van der Waals surface area contributed by atoms with Crippen molar-refractivity contribution in [1.29, 1.82) is 0 Å². The van der Waals surface area contributed by atoms with Crippen molar-refractivity contribution in [3.05, 3.63) is 10.4 Å². The zero-order valence-corrected chi connectivity index (χ0v) is 13.3. The first-order valence-electron chi connectivity index (χ1n) is 7.09. The Kier molecular flexibility index (Phi) is 4.72. The topological polar surface area (TPSA) is 101 Å². The highest BCUT2D eigenvalue weighted by Crippen LogP contribution is 2.36. The Morgan fingerprint density at radius 2 is 1.95 bits per heavy atom. The third kappa shape index (κ3) is 3.29. The third-order valence-corrected chi connectivity index (χ3v) is 4.97. The number of amides is 2. The van der Waals surface area contributed by atoms with Gasteiger partial charge in [-0.3, -0.25) is 9.59 Å². The molecule has 1 aliphatic rings. The highest BCUT2D eigenvalue weighted by molar-refractivity contribution is 7.19. The summed E-state index contributed by atoms with van der Waals surface area (Å²) in [7, 11) is 3.30. The molecule has 5 N–H and O–H groups in total. The molecule has 1 saturated carbocycles. The summed E-state index contributed by atoms with van der Waals surface area (Å²) in [5.74, 6) is -0.202. The molecule has 21 heavy (non-hydrogen) atoms. The third-order valence-electron chi connectivity index (χ3n) is 3.82. The van der Waals surface area contributed by atoms with Crippen molar-refractivity contribution in [3.8, 4) is 0 Å². The Morgan fingerprint density at radius 1 is 1.33 bits per heavy atom. The number of nitrogens with two attached hydrogens (primary N) is 2. The van der Waals surface area contributed by atoms with E-state index >= 15 is 0 Å². The lowest BCUT2D eigenvalue weighted by atomic mass is 10.1. The van der Waals surface area contributed by atoms with E-state index in [9.17, 15) is 9.59 Å². The van der Waals surface area contributed by atoms with Crippen LogP contribution in [-0.2, 0) is 0 Å². The number of carbonyl (C=O) groups is 2. The van der Waals surface area contributed by atoms with Gasteiger partial charge >= 0.3 is 0 Å². The van der Waals surface area contributed by atoms with E-state index in [0.29, 0.717) is 15.8 Å². The second-order valence-corrected chi connectivity index (χ2v) is 6.66. The average molecular weight is 310 g/mol. The van der Waals surface area contributed by atoms with Gasteiger partial charge in [0, 0.05) is 20.6 Å². The molecule has 1 aliphatic carbocycles. The summed E-state index contributed by atoms with van der Waals surface area (Å²) in [5.41, 5.74) is 11.8. The normalized spacial score (nSPS) is 15.1. The van der Waals surface area contributed by atoms with Crippen LogP contribution in [0.3, 0.4) is 0 Å². The molecule has 0 unspecified atom stereocenters.